The second-order valence-electron chi connectivity index (χ2n) is 3.44. The fourth-order valence-corrected chi connectivity index (χ4v) is 1.89. The second kappa shape index (κ2) is 5.11. The number of hydrazine groups is 1. The molecule has 0 aliphatic heterocycles. The Kier molecular flexibility index (Phi) is 3.55. The van der Waals surface area contributed by atoms with E-state index < -0.39 is 0 Å². The van der Waals surface area contributed by atoms with E-state index in [2.05, 4.69) is 26.3 Å². The number of nitrogens with two attached hydrogens (primary N) is 1. The molecule has 0 aromatic carbocycles. The lowest BCUT2D eigenvalue weighted by Gasteiger charge is -2.09. The summed E-state index contributed by atoms with van der Waals surface area (Å²) in [5.41, 5.74) is 3.28. The number of pyridine rings is 2. The predicted octanol–water partition coefficient (Wildman–Crippen LogP) is 1.34. The fraction of sp³-hybridized carbons (Fsp3) is 0.0909. The number of nitrogens with zero attached hydrogens (tertiary/aromatic N) is 2. The summed E-state index contributed by atoms with van der Waals surface area (Å²) in [6.07, 6.45) is 3.36. The Balaban J connectivity index is 2.38. The van der Waals surface area contributed by atoms with Crippen molar-refractivity contribution in [3.05, 3.63) is 57.0 Å². The van der Waals surface area contributed by atoms with Crippen LogP contribution in [0.1, 0.15) is 5.56 Å². The highest BCUT2D eigenvalue weighted by molar-refractivity contribution is 9.10. The molecular formula is C11H11BrN4O. The van der Waals surface area contributed by atoms with Gasteiger partial charge < -0.3 is 9.99 Å². The predicted molar refractivity (Wildman–Crippen MR) is 69.6 cm³/mol. The quantitative estimate of drug-likeness (QED) is 0.662. The SMILES string of the molecule is NNc1ncccc1Cn1cccc(Br)c1=O. The lowest BCUT2D eigenvalue weighted by molar-refractivity contribution is 0.753. The van der Waals surface area contributed by atoms with Crippen LogP contribution in [0, 0.1) is 0 Å². The lowest BCUT2D eigenvalue weighted by Crippen LogP contribution is -2.21. The molecule has 5 nitrogen and oxygen atoms in total. The van der Waals surface area contributed by atoms with E-state index in [-0.39, 0.29) is 5.56 Å². The summed E-state index contributed by atoms with van der Waals surface area (Å²) in [5.74, 6) is 5.93. The number of nitrogens with one attached hydrogen (secondary N) is 1. The van der Waals surface area contributed by atoms with Crippen molar-refractivity contribution >= 4 is 21.7 Å². The minimum atomic E-state index is -0.0840. The number of rotatable bonds is 3. The Bertz CT molecular complexity index is 582. The van der Waals surface area contributed by atoms with Crippen LogP contribution in [-0.2, 0) is 6.54 Å². The summed E-state index contributed by atoms with van der Waals surface area (Å²) in [6.45, 7) is 0.422. The van der Waals surface area contributed by atoms with Crippen LogP contribution in [0.25, 0.3) is 0 Å². The first-order chi connectivity index (χ1) is 8.22. The molecule has 2 rings (SSSR count). The van der Waals surface area contributed by atoms with Gasteiger partial charge in [-0.2, -0.15) is 0 Å². The number of anilines is 1. The van der Waals surface area contributed by atoms with Crippen molar-refractivity contribution in [2.24, 2.45) is 5.84 Å². The fourth-order valence-electron chi connectivity index (χ4n) is 1.51. The minimum Gasteiger partial charge on any atom is -0.310 e. The first kappa shape index (κ1) is 11.8. The van der Waals surface area contributed by atoms with E-state index in [9.17, 15) is 4.79 Å². The van der Waals surface area contributed by atoms with Crippen LogP contribution in [0.4, 0.5) is 5.82 Å². The summed E-state index contributed by atoms with van der Waals surface area (Å²) >= 11 is 3.21. The molecule has 0 radical (unpaired) electrons. The van der Waals surface area contributed by atoms with E-state index in [1.165, 1.54) is 0 Å². The van der Waals surface area contributed by atoms with E-state index >= 15 is 0 Å². The van der Waals surface area contributed by atoms with E-state index in [1.54, 1.807) is 35.2 Å². The molecule has 0 bridgehead atoms. The molecule has 0 fully saturated rings. The number of aromatic nitrogens is 2. The van der Waals surface area contributed by atoms with Crippen LogP contribution in [0.5, 0.6) is 0 Å². The van der Waals surface area contributed by atoms with Crippen LogP contribution in [0.15, 0.2) is 45.9 Å². The zero-order valence-corrected chi connectivity index (χ0v) is 10.5. The molecule has 17 heavy (non-hydrogen) atoms. The van der Waals surface area contributed by atoms with Crippen LogP contribution in [0.3, 0.4) is 0 Å². The van der Waals surface area contributed by atoms with Crippen molar-refractivity contribution in [1.29, 1.82) is 0 Å². The van der Waals surface area contributed by atoms with E-state index in [4.69, 9.17) is 5.84 Å². The molecule has 88 valence electrons. The lowest BCUT2D eigenvalue weighted by atomic mass is 10.2. The maximum atomic E-state index is 11.8. The first-order valence-corrected chi connectivity index (χ1v) is 5.77. The Morgan fingerprint density at radius 2 is 2.24 bits per heavy atom. The molecule has 2 aromatic heterocycles. The highest BCUT2D eigenvalue weighted by atomic mass is 79.9. The van der Waals surface area contributed by atoms with Crippen LogP contribution in [-0.4, -0.2) is 9.55 Å². The maximum absolute atomic E-state index is 11.8. The third-order valence-corrected chi connectivity index (χ3v) is 2.95. The van der Waals surface area contributed by atoms with Crippen molar-refractivity contribution in [2.45, 2.75) is 6.54 Å². The zero-order valence-electron chi connectivity index (χ0n) is 8.93. The van der Waals surface area contributed by atoms with Crippen molar-refractivity contribution in [2.75, 3.05) is 5.43 Å². The van der Waals surface area contributed by atoms with Crippen molar-refractivity contribution in [3.63, 3.8) is 0 Å². The average Bonchev–Trinajstić information content (AvgIpc) is 2.35. The van der Waals surface area contributed by atoms with E-state index in [0.29, 0.717) is 16.8 Å². The molecule has 6 heteroatoms. The number of halogens is 1. The van der Waals surface area contributed by atoms with Gasteiger partial charge in [0.15, 0.2) is 0 Å². The molecule has 0 unspecified atom stereocenters. The molecule has 2 aromatic rings. The van der Waals surface area contributed by atoms with Gasteiger partial charge >= 0.3 is 0 Å². The second-order valence-corrected chi connectivity index (χ2v) is 4.30. The molecule has 0 aliphatic rings. The molecule has 0 atom stereocenters. The Labute approximate surface area is 106 Å². The number of nitrogen functional groups attached to an aromatic ring is 1. The topological polar surface area (TPSA) is 72.9 Å². The summed E-state index contributed by atoms with van der Waals surface area (Å²) in [6, 6.07) is 7.19. The van der Waals surface area contributed by atoms with Gasteiger partial charge in [-0.25, -0.2) is 10.8 Å². The molecule has 0 spiro atoms. The number of hydrogen-bond donors (Lipinski definition) is 2. The van der Waals surface area contributed by atoms with Gasteiger partial charge in [0.05, 0.1) is 11.0 Å². The first-order valence-electron chi connectivity index (χ1n) is 4.98. The highest BCUT2D eigenvalue weighted by Crippen LogP contribution is 2.11. The maximum Gasteiger partial charge on any atom is 0.265 e. The normalized spacial score (nSPS) is 10.2. The van der Waals surface area contributed by atoms with Gasteiger partial charge in [0, 0.05) is 18.0 Å². The largest absolute Gasteiger partial charge is 0.310 e. The zero-order chi connectivity index (χ0) is 12.3. The smallest absolute Gasteiger partial charge is 0.265 e. The summed E-state index contributed by atoms with van der Waals surface area (Å²) < 4.78 is 2.12. The highest BCUT2D eigenvalue weighted by Gasteiger charge is 2.05. The summed E-state index contributed by atoms with van der Waals surface area (Å²) in [5, 5.41) is 0. The minimum absolute atomic E-state index is 0.0840. The van der Waals surface area contributed by atoms with Gasteiger partial charge in [0.25, 0.3) is 5.56 Å². The third kappa shape index (κ3) is 2.54. The van der Waals surface area contributed by atoms with Gasteiger partial charge in [-0.15, -0.1) is 0 Å². The standard InChI is InChI=1S/C11H11BrN4O/c12-9-4-2-6-16(11(9)17)7-8-3-1-5-14-10(8)15-13/h1-6H,7,13H2,(H,14,15). The Hall–Kier alpha value is -1.66. The molecule has 0 amide bonds. The Morgan fingerprint density at radius 3 is 3.00 bits per heavy atom. The van der Waals surface area contributed by atoms with Gasteiger partial charge in [0.2, 0.25) is 0 Å². The Morgan fingerprint density at radius 1 is 1.41 bits per heavy atom. The molecule has 2 heterocycles. The van der Waals surface area contributed by atoms with Gasteiger partial charge in [-0.3, -0.25) is 4.79 Å². The van der Waals surface area contributed by atoms with Gasteiger partial charge in [0.1, 0.15) is 5.82 Å². The van der Waals surface area contributed by atoms with Crippen LogP contribution < -0.4 is 16.8 Å². The van der Waals surface area contributed by atoms with Gasteiger partial charge in [-0.1, -0.05) is 6.07 Å². The average molecular weight is 295 g/mol. The van der Waals surface area contributed by atoms with Crippen molar-refractivity contribution in [3.8, 4) is 0 Å². The molecule has 3 N–H and O–H groups in total. The third-order valence-electron chi connectivity index (χ3n) is 2.34. The molecule has 0 saturated heterocycles. The van der Waals surface area contributed by atoms with E-state index in [0.717, 1.165) is 5.56 Å². The molecule has 0 saturated carbocycles. The molecule has 0 aliphatic carbocycles. The summed E-state index contributed by atoms with van der Waals surface area (Å²) in [7, 11) is 0. The number of hydrogen-bond acceptors (Lipinski definition) is 4. The van der Waals surface area contributed by atoms with E-state index in [1.807, 2.05) is 6.07 Å². The summed E-state index contributed by atoms with van der Waals surface area (Å²) in [4.78, 5) is 15.9. The van der Waals surface area contributed by atoms with Crippen LogP contribution in [0.2, 0.25) is 0 Å². The van der Waals surface area contributed by atoms with Gasteiger partial charge in [-0.05, 0) is 34.1 Å². The monoisotopic (exact) mass is 294 g/mol. The molecular weight excluding hydrogens is 284 g/mol. The van der Waals surface area contributed by atoms with Crippen molar-refractivity contribution < 1.29 is 0 Å². The van der Waals surface area contributed by atoms with Crippen molar-refractivity contribution in [1.82, 2.24) is 9.55 Å². The van der Waals surface area contributed by atoms with Crippen LogP contribution >= 0.6 is 15.9 Å².